The van der Waals surface area contributed by atoms with Crippen molar-refractivity contribution < 1.29 is 43.7 Å². The Kier molecular flexibility index (Phi) is 7.53. The summed E-state index contributed by atoms with van der Waals surface area (Å²) in [7, 11) is 1.33. The van der Waals surface area contributed by atoms with Crippen LogP contribution in [0.25, 0.3) is 0 Å². The zero-order chi connectivity index (χ0) is 25.9. The summed E-state index contributed by atoms with van der Waals surface area (Å²) in [5, 5.41) is 20.6. The molecule has 184 valence electrons. The third kappa shape index (κ3) is 4.86. The maximum Gasteiger partial charge on any atom is 0.328 e. The highest BCUT2D eigenvalue weighted by molar-refractivity contribution is 6.30. The van der Waals surface area contributed by atoms with Gasteiger partial charge in [0.15, 0.2) is 5.78 Å². The molecule has 2 N–H and O–H groups in total. The fraction of sp³-hybridized carbons (Fsp3) is 0.320. The molecule has 1 aliphatic carbocycles. The second-order valence-electron chi connectivity index (χ2n) is 7.80. The van der Waals surface area contributed by atoms with Gasteiger partial charge in [-0.3, -0.25) is 19.2 Å². The zero-order valence-electron chi connectivity index (χ0n) is 19.5. The van der Waals surface area contributed by atoms with E-state index in [-0.39, 0.29) is 53.9 Å². The molecule has 0 saturated carbocycles. The van der Waals surface area contributed by atoms with E-state index in [2.05, 4.69) is 0 Å². The lowest BCUT2D eigenvalue weighted by Crippen LogP contribution is -2.43. The van der Waals surface area contributed by atoms with Crippen LogP contribution in [0.1, 0.15) is 68.9 Å². The lowest BCUT2D eigenvalue weighted by atomic mass is 9.82. The number of hydrogen-bond acceptors (Lipinski definition) is 9. The lowest BCUT2D eigenvalue weighted by molar-refractivity contribution is -0.149. The van der Waals surface area contributed by atoms with Crippen LogP contribution in [0.4, 0.5) is 0 Å². The van der Waals surface area contributed by atoms with E-state index in [9.17, 15) is 34.2 Å². The van der Waals surface area contributed by atoms with Gasteiger partial charge in [-0.15, -0.1) is 0 Å². The van der Waals surface area contributed by atoms with Crippen LogP contribution in [0.5, 0.6) is 11.5 Å². The van der Waals surface area contributed by atoms with Crippen LogP contribution in [-0.4, -0.2) is 70.8 Å². The van der Waals surface area contributed by atoms with Gasteiger partial charge in [0.25, 0.3) is 5.91 Å². The van der Waals surface area contributed by atoms with Crippen LogP contribution in [-0.2, 0) is 19.1 Å². The van der Waals surface area contributed by atoms with Crippen LogP contribution in [0.15, 0.2) is 30.3 Å². The topological polar surface area (TPSA) is 148 Å². The van der Waals surface area contributed by atoms with Gasteiger partial charge in [-0.1, -0.05) is 12.1 Å². The molecule has 0 bridgehead atoms. The number of benzene rings is 2. The first kappa shape index (κ1) is 25.4. The van der Waals surface area contributed by atoms with Crippen molar-refractivity contribution in [2.24, 2.45) is 0 Å². The molecule has 3 rings (SSSR count). The standard InChI is InChI=1S/C25H25NO9/c1-4-34-19(29)10-9-16(25(33)35-5-2)26(3)24(32)13-11-15-21(18(28)12-13)23(31)20-14(22(15)30)7-6-8-17(20)27/h6-8,11-12,16,27-28H,4-5,9-10H2,1-3H3. The summed E-state index contributed by atoms with van der Waals surface area (Å²) in [6, 6.07) is 5.06. The summed E-state index contributed by atoms with van der Waals surface area (Å²) >= 11 is 0. The Bertz CT molecular complexity index is 1220. The first-order valence-corrected chi connectivity index (χ1v) is 11.0. The number of carbonyl (C=O) groups is 5. The first-order chi connectivity index (χ1) is 16.6. The van der Waals surface area contributed by atoms with Crippen LogP contribution in [0.2, 0.25) is 0 Å². The SMILES string of the molecule is CCOC(=O)CCC(C(=O)OCC)N(C)C(=O)c1cc(O)c2c(c1)C(=O)c1cccc(O)c1C2=O. The predicted octanol–water partition coefficient (Wildman–Crippen LogP) is 2.22. The molecule has 0 spiro atoms. The Morgan fingerprint density at radius 3 is 2.23 bits per heavy atom. The van der Waals surface area contributed by atoms with Gasteiger partial charge in [-0.25, -0.2) is 4.79 Å². The lowest BCUT2D eigenvalue weighted by Gasteiger charge is -2.27. The number of fused-ring (bicyclic) bond motifs is 2. The molecular formula is C25H25NO9. The maximum atomic E-state index is 13.2. The molecule has 0 fully saturated rings. The van der Waals surface area contributed by atoms with E-state index in [1.54, 1.807) is 13.8 Å². The molecule has 10 heteroatoms. The normalized spacial score (nSPS) is 12.9. The molecule has 1 unspecified atom stereocenters. The highest BCUT2D eigenvalue weighted by Gasteiger charge is 2.36. The zero-order valence-corrected chi connectivity index (χ0v) is 19.5. The number of amides is 1. The van der Waals surface area contributed by atoms with E-state index in [0.29, 0.717) is 0 Å². The molecule has 0 heterocycles. The number of esters is 2. The summed E-state index contributed by atoms with van der Waals surface area (Å²) in [5.74, 6) is -4.44. The largest absolute Gasteiger partial charge is 0.507 e. The minimum atomic E-state index is -1.14. The molecule has 10 nitrogen and oxygen atoms in total. The minimum absolute atomic E-state index is 0.0548. The van der Waals surface area contributed by atoms with E-state index in [1.807, 2.05) is 0 Å². The van der Waals surface area contributed by atoms with Crippen LogP contribution < -0.4 is 0 Å². The average Bonchev–Trinajstić information content (AvgIpc) is 2.81. The summed E-state index contributed by atoms with van der Waals surface area (Å²) in [4.78, 5) is 64.6. The van der Waals surface area contributed by atoms with Gasteiger partial charge >= 0.3 is 11.9 Å². The van der Waals surface area contributed by atoms with E-state index >= 15 is 0 Å². The Labute approximate surface area is 201 Å². The number of ketones is 2. The van der Waals surface area contributed by atoms with Gasteiger partial charge in [-0.2, -0.15) is 0 Å². The van der Waals surface area contributed by atoms with Gasteiger partial charge in [0.05, 0.1) is 24.3 Å². The summed E-state index contributed by atoms with van der Waals surface area (Å²) < 4.78 is 9.92. The summed E-state index contributed by atoms with van der Waals surface area (Å²) in [6.45, 7) is 3.46. The van der Waals surface area contributed by atoms with Crippen molar-refractivity contribution in [3.63, 3.8) is 0 Å². The van der Waals surface area contributed by atoms with Crippen molar-refractivity contribution in [3.05, 3.63) is 58.1 Å². The van der Waals surface area contributed by atoms with E-state index in [1.165, 1.54) is 25.2 Å². The first-order valence-electron chi connectivity index (χ1n) is 11.0. The van der Waals surface area contributed by atoms with Crippen LogP contribution in [0, 0.1) is 0 Å². The molecular weight excluding hydrogens is 458 g/mol. The smallest absolute Gasteiger partial charge is 0.328 e. The van der Waals surface area contributed by atoms with E-state index < -0.39 is 47.0 Å². The van der Waals surface area contributed by atoms with Crippen molar-refractivity contribution in [3.8, 4) is 11.5 Å². The Morgan fingerprint density at radius 2 is 1.57 bits per heavy atom. The quantitative estimate of drug-likeness (QED) is 0.460. The molecule has 0 aliphatic heterocycles. The number of ether oxygens (including phenoxy) is 2. The second kappa shape index (κ2) is 10.4. The molecule has 35 heavy (non-hydrogen) atoms. The van der Waals surface area contributed by atoms with E-state index in [0.717, 1.165) is 17.0 Å². The number of likely N-dealkylation sites (N-methyl/N-ethyl adjacent to an activating group) is 1. The molecule has 1 aliphatic rings. The molecule has 1 amide bonds. The number of phenols is 2. The Morgan fingerprint density at radius 1 is 0.914 bits per heavy atom. The average molecular weight is 483 g/mol. The molecule has 2 aromatic carbocycles. The highest BCUT2D eigenvalue weighted by atomic mass is 16.5. The molecule has 2 aromatic rings. The summed E-state index contributed by atoms with van der Waals surface area (Å²) in [5.41, 5.74) is -0.966. The second-order valence-corrected chi connectivity index (χ2v) is 7.80. The monoisotopic (exact) mass is 483 g/mol. The van der Waals surface area contributed by atoms with Crippen molar-refractivity contribution in [1.82, 2.24) is 4.90 Å². The molecule has 0 saturated heterocycles. The van der Waals surface area contributed by atoms with Crippen molar-refractivity contribution >= 4 is 29.4 Å². The number of carbonyl (C=O) groups excluding carboxylic acids is 5. The number of phenolic OH excluding ortho intramolecular Hbond substituents is 2. The van der Waals surface area contributed by atoms with Crippen molar-refractivity contribution in [2.45, 2.75) is 32.7 Å². The molecule has 0 radical (unpaired) electrons. The van der Waals surface area contributed by atoms with Gasteiger partial charge < -0.3 is 24.6 Å². The number of hydrogen-bond donors (Lipinski definition) is 2. The number of rotatable bonds is 8. The van der Waals surface area contributed by atoms with Crippen LogP contribution >= 0.6 is 0 Å². The van der Waals surface area contributed by atoms with Gasteiger partial charge in [0.1, 0.15) is 17.5 Å². The molecule has 0 aromatic heterocycles. The summed E-state index contributed by atoms with van der Waals surface area (Å²) in [6.07, 6.45) is -0.210. The van der Waals surface area contributed by atoms with E-state index in [4.69, 9.17) is 9.47 Å². The Hall–Kier alpha value is -4.21. The van der Waals surface area contributed by atoms with Gasteiger partial charge in [-0.05, 0) is 38.5 Å². The third-order valence-corrected chi connectivity index (χ3v) is 5.62. The van der Waals surface area contributed by atoms with Gasteiger partial charge in [0.2, 0.25) is 5.78 Å². The van der Waals surface area contributed by atoms with Crippen molar-refractivity contribution in [1.29, 1.82) is 0 Å². The van der Waals surface area contributed by atoms with Gasteiger partial charge in [0, 0.05) is 30.2 Å². The Balaban J connectivity index is 1.96. The highest BCUT2D eigenvalue weighted by Crippen LogP contribution is 2.37. The number of aromatic hydroxyl groups is 2. The third-order valence-electron chi connectivity index (χ3n) is 5.62. The maximum absolute atomic E-state index is 13.2. The van der Waals surface area contributed by atoms with Crippen LogP contribution in [0.3, 0.4) is 0 Å². The predicted molar refractivity (Wildman–Crippen MR) is 121 cm³/mol. The van der Waals surface area contributed by atoms with Crippen molar-refractivity contribution in [2.75, 3.05) is 20.3 Å². The fourth-order valence-corrected chi connectivity index (χ4v) is 3.95. The number of nitrogens with zero attached hydrogens (tertiary/aromatic N) is 1. The fourth-order valence-electron chi connectivity index (χ4n) is 3.95. The minimum Gasteiger partial charge on any atom is -0.507 e. The molecule has 1 atom stereocenters.